The molecule has 0 unspecified atom stereocenters. The molecule has 2 rings (SSSR count). The molecule has 1 saturated heterocycles. The summed E-state index contributed by atoms with van der Waals surface area (Å²) < 4.78 is 0. The second-order valence-corrected chi connectivity index (χ2v) is 5.77. The van der Waals surface area contributed by atoms with Crippen molar-refractivity contribution in [2.75, 3.05) is 18.0 Å². The van der Waals surface area contributed by atoms with Gasteiger partial charge in [0.15, 0.2) is 0 Å². The van der Waals surface area contributed by atoms with E-state index in [-0.39, 0.29) is 5.54 Å². The van der Waals surface area contributed by atoms with Gasteiger partial charge in [0.05, 0.1) is 0 Å². The summed E-state index contributed by atoms with van der Waals surface area (Å²) in [5.41, 5.74) is 1.58. The first-order valence-corrected chi connectivity index (χ1v) is 7.07. The standard InChI is InChI=1S/C15H25N3/c1-4-8-16-12-13-6-9-17-14(11-13)18-10-5-7-15(18,2)3/h6,9,11,16H,4-5,7-8,10,12H2,1-3H3. The predicted octanol–water partition coefficient (Wildman–Crippen LogP) is 2.96. The van der Waals surface area contributed by atoms with E-state index < -0.39 is 0 Å². The number of hydrogen-bond acceptors (Lipinski definition) is 3. The Hall–Kier alpha value is -1.09. The van der Waals surface area contributed by atoms with Gasteiger partial charge in [0.1, 0.15) is 5.82 Å². The second-order valence-electron chi connectivity index (χ2n) is 5.77. The second kappa shape index (κ2) is 5.70. The molecule has 0 aliphatic carbocycles. The third kappa shape index (κ3) is 3.02. The number of nitrogens with one attached hydrogen (secondary N) is 1. The van der Waals surface area contributed by atoms with E-state index in [1.54, 1.807) is 0 Å². The Morgan fingerprint density at radius 2 is 2.28 bits per heavy atom. The summed E-state index contributed by atoms with van der Waals surface area (Å²) in [6.45, 7) is 9.96. The molecular formula is C15H25N3. The molecule has 3 nitrogen and oxygen atoms in total. The van der Waals surface area contributed by atoms with Crippen LogP contribution in [-0.4, -0.2) is 23.6 Å². The van der Waals surface area contributed by atoms with Crippen molar-refractivity contribution in [3.63, 3.8) is 0 Å². The van der Waals surface area contributed by atoms with Gasteiger partial charge in [-0.1, -0.05) is 6.92 Å². The van der Waals surface area contributed by atoms with Crippen molar-refractivity contribution < 1.29 is 0 Å². The molecule has 1 aromatic rings. The molecule has 0 bridgehead atoms. The van der Waals surface area contributed by atoms with Crippen LogP contribution in [0.1, 0.15) is 45.6 Å². The molecule has 1 fully saturated rings. The Morgan fingerprint density at radius 1 is 1.44 bits per heavy atom. The summed E-state index contributed by atoms with van der Waals surface area (Å²) in [6.07, 6.45) is 5.64. The molecule has 18 heavy (non-hydrogen) atoms. The maximum absolute atomic E-state index is 4.54. The molecule has 0 saturated carbocycles. The molecule has 3 heteroatoms. The van der Waals surface area contributed by atoms with Crippen molar-refractivity contribution in [1.29, 1.82) is 0 Å². The first-order chi connectivity index (χ1) is 8.63. The summed E-state index contributed by atoms with van der Waals surface area (Å²) in [5, 5.41) is 3.44. The minimum atomic E-state index is 0.252. The van der Waals surface area contributed by atoms with Crippen molar-refractivity contribution in [1.82, 2.24) is 10.3 Å². The lowest BCUT2D eigenvalue weighted by Crippen LogP contribution is -2.38. The largest absolute Gasteiger partial charge is 0.351 e. The number of hydrogen-bond donors (Lipinski definition) is 1. The Labute approximate surface area is 111 Å². The van der Waals surface area contributed by atoms with Crippen LogP contribution in [0.2, 0.25) is 0 Å². The lowest BCUT2D eigenvalue weighted by Gasteiger charge is -2.32. The maximum Gasteiger partial charge on any atom is 0.129 e. The first-order valence-electron chi connectivity index (χ1n) is 7.07. The molecule has 0 aromatic carbocycles. The normalized spacial score (nSPS) is 18.3. The van der Waals surface area contributed by atoms with Gasteiger partial charge in [-0.25, -0.2) is 4.98 Å². The molecule has 2 heterocycles. The third-order valence-corrected chi connectivity index (χ3v) is 3.74. The predicted molar refractivity (Wildman–Crippen MR) is 76.9 cm³/mol. The van der Waals surface area contributed by atoms with Gasteiger partial charge in [-0.2, -0.15) is 0 Å². The van der Waals surface area contributed by atoms with Crippen LogP contribution >= 0.6 is 0 Å². The highest BCUT2D eigenvalue weighted by Gasteiger charge is 2.32. The average Bonchev–Trinajstić information content (AvgIpc) is 2.70. The van der Waals surface area contributed by atoms with Crippen molar-refractivity contribution in [3.05, 3.63) is 23.9 Å². The first kappa shape index (κ1) is 13.3. The van der Waals surface area contributed by atoms with Gasteiger partial charge in [0, 0.05) is 24.8 Å². The van der Waals surface area contributed by atoms with Crippen LogP contribution in [0.25, 0.3) is 0 Å². The van der Waals surface area contributed by atoms with E-state index in [4.69, 9.17) is 0 Å². The summed E-state index contributed by atoms with van der Waals surface area (Å²) in [5.74, 6) is 1.13. The zero-order chi connectivity index (χ0) is 13.0. The Balaban J connectivity index is 2.07. The molecule has 1 aromatic heterocycles. The lowest BCUT2D eigenvalue weighted by molar-refractivity contribution is 0.514. The van der Waals surface area contributed by atoms with E-state index >= 15 is 0 Å². The zero-order valence-electron chi connectivity index (χ0n) is 11.9. The molecule has 0 atom stereocenters. The van der Waals surface area contributed by atoms with Crippen LogP contribution in [-0.2, 0) is 6.54 Å². The van der Waals surface area contributed by atoms with E-state index in [9.17, 15) is 0 Å². The van der Waals surface area contributed by atoms with Gasteiger partial charge in [-0.3, -0.25) is 0 Å². The maximum atomic E-state index is 4.54. The van der Waals surface area contributed by atoms with Crippen molar-refractivity contribution >= 4 is 5.82 Å². The van der Waals surface area contributed by atoms with Gasteiger partial charge in [0.2, 0.25) is 0 Å². The van der Waals surface area contributed by atoms with Crippen LogP contribution in [0.5, 0.6) is 0 Å². The highest BCUT2D eigenvalue weighted by molar-refractivity contribution is 5.45. The molecule has 0 amide bonds. The molecular weight excluding hydrogens is 222 g/mol. The topological polar surface area (TPSA) is 28.2 Å². The van der Waals surface area contributed by atoms with Crippen LogP contribution < -0.4 is 10.2 Å². The van der Waals surface area contributed by atoms with Gasteiger partial charge in [-0.15, -0.1) is 0 Å². The number of pyridine rings is 1. The summed E-state index contributed by atoms with van der Waals surface area (Å²) in [4.78, 5) is 6.98. The van der Waals surface area contributed by atoms with Crippen LogP contribution in [0.4, 0.5) is 5.82 Å². The highest BCUT2D eigenvalue weighted by atomic mass is 15.3. The molecule has 0 spiro atoms. The van der Waals surface area contributed by atoms with Gasteiger partial charge >= 0.3 is 0 Å². The molecule has 1 aliphatic rings. The van der Waals surface area contributed by atoms with E-state index in [0.29, 0.717) is 0 Å². The number of nitrogens with zero attached hydrogens (tertiary/aromatic N) is 2. The molecule has 1 aliphatic heterocycles. The Bertz CT molecular complexity index is 387. The van der Waals surface area contributed by atoms with Gasteiger partial charge in [0.25, 0.3) is 0 Å². The minimum absolute atomic E-state index is 0.252. The summed E-state index contributed by atoms with van der Waals surface area (Å²) in [6, 6.07) is 4.34. The van der Waals surface area contributed by atoms with Crippen molar-refractivity contribution in [2.45, 2.75) is 52.1 Å². The van der Waals surface area contributed by atoms with Crippen LogP contribution in [0, 0.1) is 0 Å². The van der Waals surface area contributed by atoms with Crippen LogP contribution in [0.3, 0.4) is 0 Å². The molecule has 0 radical (unpaired) electrons. The summed E-state index contributed by atoms with van der Waals surface area (Å²) in [7, 11) is 0. The Morgan fingerprint density at radius 3 is 2.94 bits per heavy atom. The molecule has 1 N–H and O–H groups in total. The minimum Gasteiger partial charge on any atom is -0.351 e. The van der Waals surface area contributed by atoms with Crippen LogP contribution in [0.15, 0.2) is 18.3 Å². The van der Waals surface area contributed by atoms with Gasteiger partial charge < -0.3 is 10.2 Å². The van der Waals surface area contributed by atoms with E-state index in [1.807, 2.05) is 6.20 Å². The van der Waals surface area contributed by atoms with Crippen molar-refractivity contribution in [2.24, 2.45) is 0 Å². The highest BCUT2D eigenvalue weighted by Crippen LogP contribution is 2.32. The molecule has 100 valence electrons. The van der Waals surface area contributed by atoms with E-state index in [0.717, 1.165) is 25.5 Å². The average molecular weight is 247 g/mol. The fourth-order valence-electron chi connectivity index (χ4n) is 2.66. The Kier molecular flexibility index (Phi) is 4.23. The number of aromatic nitrogens is 1. The third-order valence-electron chi connectivity index (χ3n) is 3.74. The van der Waals surface area contributed by atoms with E-state index in [1.165, 1.54) is 24.8 Å². The van der Waals surface area contributed by atoms with Crippen molar-refractivity contribution in [3.8, 4) is 0 Å². The smallest absolute Gasteiger partial charge is 0.129 e. The quantitative estimate of drug-likeness (QED) is 0.811. The zero-order valence-corrected chi connectivity index (χ0v) is 11.9. The SMILES string of the molecule is CCCNCc1ccnc(N2CCCC2(C)C)c1. The fourth-order valence-corrected chi connectivity index (χ4v) is 2.66. The fraction of sp³-hybridized carbons (Fsp3) is 0.667. The number of anilines is 1. The van der Waals surface area contributed by atoms with Gasteiger partial charge in [-0.05, 0) is 57.4 Å². The summed E-state index contributed by atoms with van der Waals surface area (Å²) >= 11 is 0. The number of rotatable bonds is 5. The lowest BCUT2D eigenvalue weighted by atomic mass is 10.0. The monoisotopic (exact) mass is 247 g/mol. The van der Waals surface area contributed by atoms with E-state index in [2.05, 4.69) is 48.1 Å².